The molecule has 1 aliphatic heterocycles. The summed E-state index contributed by atoms with van der Waals surface area (Å²) in [6.07, 6.45) is 4.13. The lowest BCUT2D eigenvalue weighted by Gasteiger charge is -2.25. The Hall–Kier alpha value is -2.55. The fourth-order valence-corrected chi connectivity index (χ4v) is 2.29. The molecule has 1 atom stereocenters. The standard InChI is InChI=1S/C17H15NO2/c19-17-18-15-11-5-4-10-14(15)16(20-17)12-6-9-13-7-2-1-3-8-13/h1-11,16H,12H2,(H,18,19)/b9-6+. The summed E-state index contributed by atoms with van der Waals surface area (Å²) >= 11 is 0. The number of ether oxygens (including phenoxy) is 1. The topological polar surface area (TPSA) is 38.3 Å². The van der Waals surface area contributed by atoms with Gasteiger partial charge in [-0.15, -0.1) is 0 Å². The molecule has 1 heterocycles. The van der Waals surface area contributed by atoms with Gasteiger partial charge >= 0.3 is 6.09 Å². The summed E-state index contributed by atoms with van der Waals surface area (Å²) in [4.78, 5) is 11.5. The van der Waals surface area contributed by atoms with Gasteiger partial charge in [0.2, 0.25) is 0 Å². The molecular weight excluding hydrogens is 250 g/mol. The number of carbonyl (C=O) groups is 1. The predicted molar refractivity (Wildman–Crippen MR) is 79.4 cm³/mol. The van der Waals surface area contributed by atoms with Gasteiger partial charge in [-0.2, -0.15) is 0 Å². The van der Waals surface area contributed by atoms with Gasteiger partial charge in [0.05, 0.1) is 5.69 Å². The second-order valence-corrected chi connectivity index (χ2v) is 4.65. The van der Waals surface area contributed by atoms with Crippen molar-refractivity contribution in [2.24, 2.45) is 0 Å². The highest BCUT2D eigenvalue weighted by atomic mass is 16.6. The van der Waals surface area contributed by atoms with Crippen LogP contribution in [-0.2, 0) is 4.74 Å². The van der Waals surface area contributed by atoms with E-state index < -0.39 is 0 Å². The summed E-state index contributed by atoms with van der Waals surface area (Å²) in [5.41, 5.74) is 2.99. The van der Waals surface area contributed by atoms with E-state index in [1.807, 2.05) is 66.7 Å². The molecule has 1 N–H and O–H groups in total. The molecule has 2 aromatic carbocycles. The Morgan fingerprint density at radius 3 is 2.65 bits per heavy atom. The summed E-state index contributed by atoms with van der Waals surface area (Å²) in [5.74, 6) is 0. The molecule has 3 nitrogen and oxygen atoms in total. The zero-order valence-electron chi connectivity index (χ0n) is 11.0. The van der Waals surface area contributed by atoms with E-state index in [1.54, 1.807) is 0 Å². The zero-order chi connectivity index (χ0) is 13.8. The minimum absolute atomic E-state index is 0.222. The predicted octanol–water partition coefficient (Wildman–Crippen LogP) is 4.39. The normalized spacial score (nSPS) is 17.4. The smallest absolute Gasteiger partial charge is 0.412 e. The number of cyclic esters (lactones) is 1. The van der Waals surface area contributed by atoms with Gasteiger partial charge < -0.3 is 4.74 Å². The minimum Gasteiger partial charge on any atom is -0.441 e. The molecule has 100 valence electrons. The Bertz CT molecular complexity index is 634. The van der Waals surface area contributed by atoms with Crippen LogP contribution < -0.4 is 5.32 Å². The zero-order valence-corrected chi connectivity index (χ0v) is 11.0. The summed E-state index contributed by atoms with van der Waals surface area (Å²) in [6, 6.07) is 17.8. The van der Waals surface area contributed by atoms with Crippen LogP contribution in [0.3, 0.4) is 0 Å². The van der Waals surface area contributed by atoms with Crippen LogP contribution in [0.25, 0.3) is 6.08 Å². The van der Waals surface area contributed by atoms with Crippen molar-refractivity contribution in [2.45, 2.75) is 12.5 Å². The quantitative estimate of drug-likeness (QED) is 0.893. The molecule has 0 saturated carbocycles. The molecule has 1 amide bonds. The van der Waals surface area contributed by atoms with Crippen molar-refractivity contribution in [1.82, 2.24) is 0 Å². The van der Waals surface area contributed by atoms with Crippen molar-refractivity contribution in [3.05, 3.63) is 71.8 Å². The number of hydrogen-bond donors (Lipinski definition) is 1. The summed E-state index contributed by atoms with van der Waals surface area (Å²) < 4.78 is 5.35. The van der Waals surface area contributed by atoms with Gasteiger partial charge in [0.25, 0.3) is 0 Å². The van der Waals surface area contributed by atoms with E-state index >= 15 is 0 Å². The highest BCUT2D eigenvalue weighted by Gasteiger charge is 2.24. The first-order valence-corrected chi connectivity index (χ1v) is 6.61. The van der Waals surface area contributed by atoms with E-state index in [9.17, 15) is 4.79 Å². The van der Waals surface area contributed by atoms with Crippen LogP contribution in [0, 0.1) is 0 Å². The maximum atomic E-state index is 11.5. The number of anilines is 1. The van der Waals surface area contributed by atoms with Crippen LogP contribution in [0.4, 0.5) is 10.5 Å². The number of fused-ring (bicyclic) bond motifs is 1. The third kappa shape index (κ3) is 2.72. The molecule has 0 saturated heterocycles. The number of amides is 1. The molecule has 0 fully saturated rings. The largest absolute Gasteiger partial charge is 0.441 e. The summed E-state index contributed by atoms with van der Waals surface area (Å²) in [6.45, 7) is 0. The van der Waals surface area contributed by atoms with Crippen LogP contribution in [0.1, 0.15) is 23.7 Å². The molecule has 0 radical (unpaired) electrons. The molecule has 3 heteroatoms. The van der Waals surface area contributed by atoms with Gasteiger partial charge in [-0.05, 0) is 11.6 Å². The van der Waals surface area contributed by atoms with Crippen molar-refractivity contribution in [3.8, 4) is 0 Å². The number of para-hydroxylation sites is 1. The first kappa shape index (κ1) is 12.5. The number of nitrogens with one attached hydrogen (secondary N) is 1. The molecule has 1 unspecified atom stereocenters. The van der Waals surface area contributed by atoms with Crippen molar-refractivity contribution in [3.63, 3.8) is 0 Å². The van der Waals surface area contributed by atoms with Crippen LogP contribution in [0.15, 0.2) is 60.7 Å². The maximum absolute atomic E-state index is 11.5. The lowest BCUT2D eigenvalue weighted by molar-refractivity contribution is 0.108. The van der Waals surface area contributed by atoms with Gasteiger partial charge in [-0.25, -0.2) is 4.79 Å². The molecular formula is C17H15NO2. The van der Waals surface area contributed by atoms with Crippen molar-refractivity contribution in [2.75, 3.05) is 5.32 Å². The summed E-state index contributed by atoms with van der Waals surface area (Å²) in [5, 5.41) is 2.71. The van der Waals surface area contributed by atoms with Gasteiger partial charge in [0, 0.05) is 12.0 Å². The van der Waals surface area contributed by atoms with E-state index in [4.69, 9.17) is 4.74 Å². The second-order valence-electron chi connectivity index (χ2n) is 4.65. The highest BCUT2D eigenvalue weighted by Crippen LogP contribution is 2.32. The average molecular weight is 265 g/mol. The Kier molecular flexibility index (Phi) is 3.50. The van der Waals surface area contributed by atoms with Crippen molar-refractivity contribution >= 4 is 17.9 Å². The van der Waals surface area contributed by atoms with E-state index in [-0.39, 0.29) is 12.2 Å². The van der Waals surface area contributed by atoms with E-state index in [0.29, 0.717) is 6.42 Å². The van der Waals surface area contributed by atoms with Crippen molar-refractivity contribution in [1.29, 1.82) is 0 Å². The van der Waals surface area contributed by atoms with Crippen molar-refractivity contribution < 1.29 is 9.53 Å². The molecule has 1 aliphatic rings. The van der Waals surface area contributed by atoms with Gasteiger partial charge in [-0.1, -0.05) is 60.7 Å². The van der Waals surface area contributed by atoms with E-state index in [1.165, 1.54) is 0 Å². The lowest BCUT2D eigenvalue weighted by Crippen LogP contribution is -2.24. The van der Waals surface area contributed by atoms with Crippen LogP contribution in [-0.4, -0.2) is 6.09 Å². The maximum Gasteiger partial charge on any atom is 0.412 e. The third-order valence-corrected chi connectivity index (χ3v) is 3.25. The highest BCUT2D eigenvalue weighted by molar-refractivity contribution is 5.88. The first-order valence-electron chi connectivity index (χ1n) is 6.61. The minimum atomic E-state index is -0.387. The SMILES string of the molecule is O=C1Nc2ccccc2C(C/C=C/c2ccccc2)O1. The Morgan fingerprint density at radius 2 is 1.80 bits per heavy atom. The number of carbonyl (C=O) groups excluding carboxylic acids is 1. The Balaban J connectivity index is 1.75. The molecule has 20 heavy (non-hydrogen) atoms. The van der Waals surface area contributed by atoms with E-state index in [0.717, 1.165) is 16.8 Å². The third-order valence-electron chi connectivity index (χ3n) is 3.25. The van der Waals surface area contributed by atoms with E-state index in [2.05, 4.69) is 5.32 Å². The number of benzene rings is 2. The monoisotopic (exact) mass is 265 g/mol. The van der Waals surface area contributed by atoms with Gasteiger partial charge in [0.1, 0.15) is 6.10 Å². The fourth-order valence-electron chi connectivity index (χ4n) is 2.29. The van der Waals surface area contributed by atoms with Gasteiger partial charge in [0.15, 0.2) is 0 Å². The second kappa shape index (κ2) is 5.61. The molecule has 2 aromatic rings. The van der Waals surface area contributed by atoms with Crippen LogP contribution in [0.5, 0.6) is 0 Å². The van der Waals surface area contributed by atoms with Crippen LogP contribution in [0.2, 0.25) is 0 Å². The molecule has 0 aromatic heterocycles. The Labute approximate surface area is 117 Å². The average Bonchev–Trinajstić information content (AvgIpc) is 2.48. The fraction of sp³-hybridized carbons (Fsp3) is 0.118. The molecule has 0 aliphatic carbocycles. The molecule has 3 rings (SSSR count). The van der Waals surface area contributed by atoms with Crippen LogP contribution >= 0.6 is 0 Å². The molecule has 0 bridgehead atoms. The Morgan fingerprint density at radius 1 is 1.05 bits per heavy atom. The number of rotatable bonds is 3. The summed E-state index contributed by atoms with van der Waals surface area (Å²) in [7, 11) is 0. The first-order chi connectivity index (χ1) is 9.83. The lowest BCUT2D eigenvalue weighted by atomic mass is 10.0. The van der Waals surface area contributed by atoms with Gasteiger partial charge in [-0.3, -0.25) is 5.32 Å². The number of hydrogen-bond acceptors (Lipinski definition) is 2. The molecule has 0 spiro atoms.